The minimum absolute atomic E-state index is 0.0732. The number of carbonyl (C=O) groups excluding carboxylic acids is 1. The van der Waals surface area contributed by atoms with Crippen molar-refractivity contribution in [2.75, 3.05) is 18.4 Å². The number of rotatable bonds is 3. The lowest BCUT2D eigenvalue weighted by Gasteiger charge is -2.10. The fourth-order valence-electron chi connectivity index (χ4n) is 2.13. The van der Waals surface area contributed by atoms with E-state index in [4.69, 9.17) is 9.47 Å². The predicted molar refractivity (Wildman–Crippen MR) is 80.1 cm³/mol. The Bertz CT molecular complexity index is 845. The van der Waals surface area contributed by atoms with Gasteiger partial charge in [0.05, 0.1) is 10.6 Å². The second-order valence-corrected chi connectivity index (χ2v) is 6.77. The largest absolute Gasteiger partial charge is 0.454 e. The highest BCUT2D eigenvalue weighted by Crippen LogP contribution is 2.32. The van der Waals surface area contributed by atoms with Crippen LogP contribution in [0, 0.1) is 0 Å². The Morgan fingerprint density at radius 3 is 2.59 bits per heavy atom. The van der Waals surface area contributed by atoms with Gasteiger partial charge in [0.2, 0.25) is 6.79 Å². The first-order chi connectivity index (χ1) is 10.4. The molecule has 114 valence electrons. The van der Waals surface area contributed by atoms with Crippen LogP contribution in [0.5, 0.6) is 11.5 Å². The van der Waals surface area contributed by atoms with Gasteiger partial charge in [-0.2, -0.15) is 0 Å². The standard InChI is InChI=1S/C15H13NO5S/c1-22(18,19)14-5-3-2-4-11(14)16-15(17)10-6-7-12-13(8-10)21-9-20-12/h2-8H,9H2,1H3,(H,16,17). The predicted octanol–water partition coefficient (Wildman–Crippen LogP) is 2.07. The quantitative estimate of drug-likeness (QED) is 0.936. The number of nitrogens with one attached hydrogen (secondary N) is 1. The Morgan fingerprint density at radius 2 is 1.82 bits per heavy atom. The molecule has 1 aliphatic rings. The van der Waals surface area contributed by atoms with Crippen LogP contribution < -0.4 is 14.8 Å². The average molecular weight is 319 g/mol. The molecular formula is C15H13NO5S. The maximum Gasteiger partial charge on any atom is 0.255 e. The van der Waals surface area contributed by atoms with E-state index < -0.39 is 15.7 Å². The molecule has 1 N–H and O–H groups in total. The number of benzene rings is 2. The summed E-state index contributed by atoms with van der Waals surface area (Å²) in [5, 5.41) is 2.61. The summed E-state index contributed by atoms with van der Waals surface area (Å²) in [5.74, 6) is 0.645. The van der Waals surface area contributed by atoms with Gasteiger partial charge in [-0.25, -0.2) is 8.42 Å². The minimum atomic E-state index is -3.43. The number of carbonyl (C=O) groups is 1. The van der Waals surface area contributed by atoms with Crippen LogP contribution in [0.15, 0.2) is 47.4 Å². The van der Waals surface area contributed by atoms with Gasteiger partial charge in [-0.3, -0.25) is 4.79 Å². The summed E-state index contributed by atoms with van der Waals surface area (Å²) in [4.78, 5) is 12.4. The molecule has 0 atom stereocenters. The lowest BCUT2D eigenvalue weighted by atomic mass is 10.2. The van der Waals surface area contributed by atoms with Crippen LogP contribution in [0.3, 0.4) is 0 Å². The van der Waals surface area contributed by atoms with E-state index in [1.807, 2.05) is 0 Å². The lowest BCUT2D eigenvalue weighted by molar-refractivity contribution is 0.102. The summed E-state index contributed by atoms with van der Waals surface area (Å²) < 4.78 is 33.9. The first-order valence-electron chi connectivity index (χ1n) is 6.45. The SMILES string of the molecule is CS(=O)(=O)c1ccccc1NC(=O)c1ccc2c(c1)OCO2. The molecule has 1 heterocycles. The van der Waals surface area contributed by atoms with E-state index in [2.05, 4.69) is 5.32 Å². The number of anilines is 1. The van der Waals surface area contributed by atoms with Crippen molar-refractivity contribution in [2.45, 2.75) is 4.90 Å². The summed E-state index contributed by atoms with van der Waals surface area (Å²) in [6.45, 7) is 0.122. The molecule has 0 unspecified atom stereocenters. The molecule has 7 heteroatoms. The normalized spacial score (nSPS) is 13.0. The third kappa shape index (κ3) is 2.75. The zero-order valence-electron chi connectivity index (χ0n) is 11.7. The van der Waals surface area contributed by atoms with Gasteiger partial charge in [-0.05, 0) is 30.3 Å². The van der Waals surface area contributed by atoms with E-state index in [1.54, 1.807) is 36.4 Å². The van der Waals surface area contributed by atoms with E-state index in [-0.39, 0.29) is 17.4 Å². The van der Waals surface area contributed by atoms with Crippen LogP contribution in [-0.4, -0.2) is 27.4 Å². The maximum atomic E-state index is 12.3. The molecule has 0 fully saturated rings. The Morgan fingerprint density at radius 1 is 1.09 bits per heavy atom. The van der Waals surface area contributed by atoms with Gasteiger partial charge in [-0.1, -0.05) is 12.1 Å². The van der Waals surface area contributed by atoms with Crippen LogP contribution in [0.25, 0.3) is 0 Å². The van der Waals surface area contributed by atoms with E-state index in [0.29, 0.717) is 17.1 Å². The van der Waals surface area contributed by atoms with Crippen LogP contribution >= 0.6 is 0 Å². The molecule has 6 nitrogen and oxygen atoms in total. The summed E-state index contributed by atoms with van der Waals surface area (Å²) in [6, 6.07) is 11.0. The minimum Gasteiger partial charge on any atom is -0.454 e. The van der Waals surface area contributed by atoms with Crippen LogP contribution in [0.1, 0.15) is 10.4 Å². The van der Waals surface area contributed by atoms with Gasteiger partial charge in [0.25, 0.3) is 5.91 Å². The molecule has 0 bridgehead atoms. The third-order valence-electron chi connectivity index (χ3n) is 3.17. The van der Waals surface area contributed by atoms with E-state index in [9.17, 15) is 13.2 Å². The Labute approximate surface area is 127 Å². The molecule has 0 radical (unpaired) electrons. The molecule has 2 aromatic carbocycles. The van der Waals surface area contributed by atoms with Crippen molar-refractivity contribution >= 4 is 21.4 Å². The van der Waals surface area contributed by atoms with Crippen molar-refractivity contribution in [3.63, 3.8) is 0 Å². The number of para-hydroxylation sites is 1. The number of sulfone groups is 1. The van der Waals surface area contributed by atoms with Gasteiger partial charge in [0.1, 0.15) is 0 Å². The van der Waals surface area contributed by atoms with Gasteiger partial charge in [0, 0.05) is 11.8 Å². The highest BCUT2D eigenvalue weighted by Gasteiger charge is 2.18. The van der Waals surface area contributed by atoms with E-state index >= 15 is 0 Å². The fraction of sp³-hybridized carbons (Fsp3) is 0.133. The van der Waals surface area contributed by atoms with Crippen molar-refractivity contribution in [2.24, 2.45) is 0 Å². The van der Waals surface area contributed by atoms with Gasteiger partial charge in [-0.15, -0.1) is 0 Å². The number of amides is 1. The zero-order valence-corrected chi connectivity index (χ0v) is 12.5. The summed E-state index contributed by atoms with van der Waals surface area (Å²) in [7, 11) is -3.43. The lowest BCUT2D eigenvalue weighted by Crippen LogP contribution is -2.14. The molecule has 1 amide bonds. The molecule has 3 rings (SSSR count). The zero-order chi connectivity index (χ0) is 15.7. The number of hydrogen-bond donors (Lipinski definition) is 1. The van der Waals surface area contributed by atoms with Gasteiger partial charge < -0.3 is 14.8 Å². The molecule has 0 spiro atoms. The fourth-order valence-corrected chi connectivity index (χ4v) is 2.97. The first-order valence-corrected chi connectivity index (χ1v) is 8.34. The second kappa shape index (κ2) is 5.34. The molecule has 1 aliphatic heterocycles. The van der Waals surface area contributed by atoms with Crippen molar-refractivity contribution in [3.8, 4) is 11.5 Å². The van der Waals surface area contributed by atoms with Crippen LogP contribution in [0.4, 0.5) is 5.69 Å². The monoisotopic (exact) mass is 319 g/mol. The average Bonchev–Trinajstić information content (AvgIpc) is 2.94. The highest BCUT2D eigenvalue weighted by atomic mass is 32.2. The summed E-state index contributed by atoms with van der Waals surface area (Å²) in [6.07, 6.45) is 1.10. The molecule has 0 saturated heterocycles. The second-order valence-electron chi connectivity index (χ2n) is 4.79. The maximum absolute atomic E-state index is 12.3. The summed E-state index contributed by atoms with van der Waals surface area (Å²) in [5.41, 5.74) is 0.597. The smallest absolute Gasteiger partial charge is 0.255 e. The van der Waals surface area contributed by atoms with Crippen LogP contribution in [0.2, 0.25) is 0 Å². The van der Waals surface area contributed by atoms with Crippen molar-refractivity contribution in [1.29, 1.82) is 0 Å². The number of hydrogen-bond acceptors (Lipinski definition) is 5. The van der Waals surface area contributed by atoms with E-state index in [1.165, 1.54) is 6.07 Å². The highest BCUT2D eigenvalue weighted by molar-refractivity contribution is 7.90. The van der Waals surface area contributed by atoms with Crippen LogP contribution in [-0.2, 0) is 9.84 Å². The third-order valence-corrected chi connectivity index (χ3v) is 4.32. The van der Waals surface area contributed by atoms with E-state index in [0.717, 1.165) is 6.26 Å². The molecule has 2 aromatic rings. The Kier molecular flexibility index (Phi) is 3.50. The molecule has 0 aliphatic carbocycles. The van der Waals surface area contributed by atoms with Gasteiger partial charge in [0.15, 0.2) is 21.3 Å². The Balaban J connectivity index is 1.89. The molecule has 22 heavy (non-hydrogen) atoms. The van der Waals surface area contributed by atoms with Crippen molar-refractivity contribution in [3.05, 3.63) is 48.0 Å². The molecule has 0 aromatic heterocycles. The topological polar surface area (TPSA) is 81.7 Å². The number of ether oxygens (including phenoxy) is 2. The summed E-state index contributed by atoms with van der Waals surface area (Å²) >= 11 is 0. The first kappa shape index (κ1) is 14.4. The molecular weight excluding hydrogens is 306 g/mol. The van der Waals surface area contributed by atoms with Gasteiger partial charge >= 0.3 is 0 Å². The number of fused-ring (bicyclic) bond motifs is 1. The van der Waals surface area contributed by atoms with Crippen molar-refractivity contribution in [1.82, 2.24) is 0 Å². The van der Waals surface area contributed by atoms with Crippen molar-refractivity contribution < 1.29 is 22.7 Å². The Hall–Kier alpha value is -2.54. The molecule has 0 saturated carbocycles.